The minimum Gasteiger partial charge on any atom is -0.444 e. The Morgan fingerprint density at radius 3 is 1.49 bits per heavy atom. The minimum absolute atomic E-state index is 0.0614. The number of aliphatic hydroxyl groups excluding tert-OH is 2. The first-order valence-electron chi connectivity index (χ1n) is 40.7. The molecule has 36 nitrogen and oxygen atoms in total. The van der Waals surface area contributed by atoms with Crippen molar-refractivity contribution in [3.8, 4) is 0 Å². The molecule has 39 heteroatoms. The largest absolute Gasteiger partial charge is 0.444 e. The molecule has 1 aliphatic heterocycles. The van der Waals surface area contributed by atoms with Gasteiger partial charge in [0.1, 0.15) is 46.6 Å². The van der Waals surface area contributed by atoms with E-state index < -0.39 is 268 Å². The Morgan fingerprint density at radius 1 is 0.529 bits per heavy atom. The van der Waals surface area contributed by atoms with Crippen LogP contribution in [-0.4, -0.2) is 228 Å². The second-order valence-electron chi connectivity index (χ2n) is 33.9. The molecule has 1 saturated heterocycles. The molecule has 0 bridgehead atoms. The Hall–Kier alpha value is -9.00. The molecule has 1 aromatic carbocycles. The molecular weight excluding hydrogens is 1580 g/mol. The maximum absolute atomic E-state index is 16.1. The van der Waals surface area contributed by atoms with Gasteiger partial charge in [0.05, 0.1) is 49.5 Å². The molecular formula is C80H133F2N12O24P. The van der Waals surface area contributed by atoms with Gasteiger partial charge in [-0.25, -0.2) is 19.2 Å². The molecule has 0 aromatic heterocycles. The first-order chi connectivity index (χ1) is 55.1. The predicted molar refractivity (Wildman–Crippen MR) is 433 cm³/mol. The third-order valence-electron chi connectivity index (χ3n) is 17.7. The van der Waals surface area contributed by atoms with Crippen LogP contribution in [0.5, 0.6) is 0 Å². The Labute approximate surface area is 697 Å². The molecule has 2 rings (SSSR count). The van der Waals surface area contributed by atoms with E-state index in [1.165, 1.54) is 13.8 Å². The van der Waals surface area contributed by atoms with E-state index in [2.05, 4.69) is 58.5 Å². The topological polar surface area (TPSA) is 513 Å². The lowest BCUT2D eigenvalue weighted by molar-refractivity contribution is -0.142. The third kappa shape index (κ3) is 41.2. The van der Waals surface area contributed by atoms with Crippen molar-refractivity contribution < 1.29 is 123 Å². The van der Waals surface area contributed by atoms with Crippen molar-refractivity contribution in [1.29, 1.82) is 0 Å². The molecule has 1 aromatic rings. The van der Waals surface area contributed by atoms with Gasteiger partial charge in [0.2, 0.25) is 41.4 Å². The summed E-state index contributed by atoms with van der Waals surface area (Å²) < 4.78 is 77.4. The van der Waals surface area contributed by atoms with Crippen LogP contribution in [0.25, 0.3) is 0 Å². The monoisotopic (exact) mass is 1710 g/mol. The van der Waals surface area contributed by atoms with E-state index >= 15 is 28.0 Å². The third-order valence-corrected chi connectivity index (χ3v) is 19.6. The number of nitrogens with one attached hydrogen (secondary N) is 12. The van der Waals surface area contributed by atoms with Crippen LogP contribution >= 0.6 is 7.60 Å². The molecule has 1 fully saturated rings. The molecule has 0 saturated carbocycles. The summed E-state index contributed by atoms with van der Waals surface area (Å²) in [5, 5.41) is 52.6. The number of Topliss-reactive ketones (excluding diaryl/α,β-unsaturated/α-hetero) is 3. The fourth-order valence-electron chi connectivity index (χ4n) is 11.7. The average molecular weight is 1720 g/mol. The highest BCUT2D eigenvalue weighted by atomic mass is 31.2. The zero-order valence-electron chi connectivity index (χ0n) is 72.5. The van der Waals surface area contributed by atoms with Gasteiger partial charge in [0, 0.05) is 70.2 Å². The Morgan fingerprint density at radius 2 is 0.992 bits per heavy atom. The molecule has 13 atom stereocenters. The zero-order valence-corrected chi connectivity index (χ0v) is 73.4. The first-order valence-corrected chi connectivity index (χ1v) is 42.2. The summed E-state index contributed by atoms with van der Waals surface area (Å²) in [5.41, 5.74) is -8.44. The van der Waals surface area contributed by atoms with Crippen molar-refractivity contribution in [3.05, 3.63) is 35.9 Å². The van der Waals surface area contributed by atoms with E-state index in [9.17, 15) is 67.5 Å². The molecule has 1 aliphatic rings. The van der Waals surface area contributed by atoms with Gasteiger partial charge >= 0.3 is 43.5 Å². The van der Waals surface area contributed by atoms with Crippen molar-refractivity contribution in [2.45, 2.75) is 310 Å². The molecule has 119 heavy (non-hydrogen) atoms. The molecule has 1 heterocycles. The SMILES string of the molecule is CCCCOP(=O)(OCCC)C(F)(F)C(=O)N[C@@H](CCC)C(=O)C[C@H](C(=O)N[C@@H](CCNC(=O)OC(C)(C)C)C(=O)C[C@H]1CCNC(=O)[C@H](C(C)O)NC(=O)[C@H](CCNC(=O)OC(C)(C)C)CC(=O)[C@H](CCNC(=O)OC(C)(C)C)NC(=O)[C@H](CC(C)C)NC(=O)[C@@H](Cc2ccccc2)NC(=O)[C@H](CCNC(=O)OC(C)(C)C)NC1=O)C(C)O. The summed E-state index contributed by atoms with van der Waals surface area (Å²) in [5.74, 6) is -18.2. The van der Waals surface area contributed by atoms with Gasteiger partial charge in [-0.15, -0.1) is 0 Å². The number of ether oxygens (including phenoxy) is 4. The highest BCUT2D eigenvalue weighted by Gasteiger charge is 2.60. The quantitative estimate of drug-likeness (QED) is 0.0200. The number of hydrogen-bond donors (Lipinski definition) is 14. The Kier molecular flexibility index (Phi) is 44.8. The smallest absolute Gasteiger partial charge is 0.421 e. The molecule has 12 amide bonds. The number of hydrogen-bond acceptors (Lipinski definition) is 24. The summed E-state index contributed by atoms with van der Waals surface area (Å²) in [6.07, 6.45) is -12.4. The lowest BCUT2D eigenvalue weighted by atomic mass is 9.90. The van der Waals surface area contributed by atoms with Gasteiger partial charge in [0.15, 0.2) is 17.3 Å². The average Bonchev–Trinajstić information content (AvgIpc) is 0.787. The molecule has 14 N–H and O–H groups in total. The highest BCUT2D eigenvalue weighted by Crippen LogP contribution is 2.62. The number of benzene rings is 1. The maximum Gasteiger partial charge on any atom is 0.421 e. The van der Waals surface area contributed by atoms with Gasteiger partial charge in [-0.2, -0.15) is 8.78 Å². The van der Waals surface area contributed by atoms with Crippen LogP contribution in [0.1, 0.15) is 227 Å². The molecule has 676 valence electrons. The molecule has 0 spiro atoms. The van der Waals surface area contributed by atoms with E-state index in [0.29, 0.717) is 12.0 Å². The second kappa shape index (κ2) is 50.3. The summed E-state index contributed by atoms with van der Waals surface area (Å²) in [7, 11) is -5.54. The number of alkyl halides is 2. The predicted octanol–water partition coefficient (Wildman–Crippen LogP) is 6.17. The van der Waals surface area contributed by atoms with Crippen molar-refractivity contribution >= 4 is 96.6 Å². The van der Waals surface area contributed by atoms with Gasteiger partial charge < -0.3 is 102 Å². The van der Waals surface area contributed by atoms with E-state index in [1.54, 1.807) is 134 Å². The number of alkyl carbamates (subject to hydrolysis) is 4. The summed E-state index contributed by atoms with van der Waals surface area (Å²) in [6, 6.07) is -3.81. The second-order valence-corrected chi connectivity index (χ2v) is 36.0. The van der Waals surface area contributed by atoms with Crippen LogP contribution < -0.4 is 63.8 Å². The van der Waals surface area contributed by atoms with Crippen LogP contribution in [0, 0.1) is 23.7 Å². The fraction of sp³-hybridized carbons (Fsp3) is 0.738. The number of aliphatic hydroxyl groups is 2. The summed E-state index contributed by atoms with van der Waals surface area (Å²) in [4.78, 5) is 215. The van der Waals surface area contributed by atoms with E-state index in [4.69, 9.17) is 28.0 Å². The van der Waals surface area contributed by atoms with Crippen LogP contribution in [0.2, 0.25) is 0 Å². The Balaban J connectivity index is 3.12. The van der Waals surface area contributed by atoms with Crippen molar-refractivity contribution in [1.82, 2.24) is 63.8 Å². The standard InChI is InChI=1S/C80H133F2N12O24P/c1-20-23-41-114-119(112,113-40-22-3)80(81,82)71(107)93-54(27-21-2)62(99)46-53(48(6)95)66(102)88-55(32-37-85-73(109)116-77(11,12)13)60(97)44-51-30-35-83-70(106)63(49(7)96)94-65(101)52(31-36-84-72(108)115-76(8,9)10)45-61(98)56(33-38-86-74(110)117-78(14,15)16)89-68(104)58(42-47(4)5)91-69(105)59(43-50-28-25-24-26-29-50)92-67(103)57(90-64(51)100)34-39-87-75(111)118-79(17,18)19/h24-26,28-29,47-49,51-59,63,95-96H,20-23,27,30-46H2,1-19H3,(H,83,106)(H,84,108)(H,85,109)(H,86,110)(H,87,111)(H,88,102)(H,89,104)(H,90,100)(H,91,105)(H,92,103)(H,93,107)(H,94,101)/t48?,49?,51-,52-,53+,54+,55+,56+,57+,58+,59-,63+,119?/m1/s1. The van der Waals surface area contributed by atoms with Gasteiger partial charge in [0.25, 0.3) is 0 Å². The van der Waals surface area contributed by atoms with E-state index in [1.807, 2.05) is 5.32 Å². The molecule has 0 radical (unpaired) electrons. The molecule has 0 aliphatic carbocycles. The Bertz CT molecular complexity index is 3580. The van der Waals surface area contributed by atoms with E-state index in [-0.39, 0.29) is 70.4 Å². The number of halogens is 2. The van der Waals surface area contributed by atoms with Crippen LogP contribution in [-0.2, 0) is 91.7 Å². The van der Waals surface area contributed by atoms with Crippen molar-refractivity contribution in [2.75, 3.05) is 45.9 Å². The number of amides is 12. The number of ketones is 3. The molecule has 3 unspecified atom stereocenters. The normalized spacial score (nSPS) is 20.5. The summed E-state index contributed by atoms with van der Waals surface area (Å²) >= 11 is 0. The fourth-order valence-corrected chi connectivity index (χ4v) is 13.2. The van der Waals surface area contributed by atoms with Crippen molar-refractivity contribution in [2.24, 2.45) is 23.7 Å². The van der Waals surface area contributed by atoms with Gasteiger partial charge in [-0.1, -0.05) is 77.8 Å². The van der Waals surface area contributed by atoms with Crippen molar-refractivity contribution in [3.63, 3.8) is 0 Å². The maximum atomic E-state index is 16.1. The highest BCUT2D eigenvalue weighted by molar-refractivity contribution is 7.56. The van der Waals surface area contributed by atoms with Crippen LogP contribution in [0.3, 0.4) is 0 Å². The number of rotatable bonds is 38. The zero-order chi connectivity index (χ0) is 90.6. The summed E-state index contributed by atoms with van der Waals surface area (Å²) in [6.45, 7) is 26.3. The minimum atomic E-state index is -5.54. The van der Waals surface area contributed by atoms with Gasteiger partial charge in [-0.05, 0) is 166 Å². The van der Waals surface area contributed by atoms with Gasteiger partial charge in [-0.3, -0.25) is 57.3 Å². The van der Waals surface area contributed by atoms with E-state index in [0.717, 1.165) is 13.8 Å². The number of carbonyl (C=O) groups is 15. The van der Waals surface area contributed by atoms with Crippen LogP contribution in [0.4, 0.5) is 28.0 Å². The number of unbranched alkanes of at least 4 members (excludes halogenated alkanes) is 1. The first kappa shape index (κ1) is 106. The lowest BCUT2D eigenvalue weighted by Crippen LogP contribution is -2.59. The lowest BCUT2D eigenvalue weighted by Gasteiger charge is -2.29. The number of carbonyl (C=O) groups excluding carboxylic acids is 15. The van der Waals surface area contributed by atoms with Crippen LogP contribution in [0.15, 0.2) is 30.3 Å².